The Labute approximate surface area is 107 Å². The van der Waals surface area contributed by atoms with Gasteiger partial charge in [-0.1, -0.05) is 35.9 Å². The summed E-state index contributed by atoms with van der Waals surface area (Å²) in [5, 5.41) is 0. The Morgan fingerprint density at radius 2 is 1.79 bits per heavy atom. The topological polar surface area (TPSA) is 32.9 Å². The van der Waals surface area contributed by atoms with Crippen molar-refractivity contribution in [1.29, 1.82) is 0 Å². The first-order chi connectivity index (χ1) is 6.36. The maximum absolute atomic E-state index is 11.0. The Balaban J connectivity index is 0.000000980. The molecule has 0 fully saturated rings. The molecule has 14 heavy (non-hydrogen) atoms. The van der Waals surface area contributed by atoms with Gasteiger partial charge in [0, 0.05) is 32.7 Å². The van der Waals surface area contributed by atoms with Crippen molar-refractivity contribution in [3.8, 4) is 11.1 Å². The minimum absolute atomic E-state index is 0. The predicted molar refractivity (Wildman–Crippen MR) is 51.3 cm³/mol. The summed E-state index contributed by atoms with van der Waals surface area (Å²) in [6.45, 7) is 0. The zero-order valence-corrected chi connectivity index (χ0v) is 10.4. The molecule has 2 rings (SSSR count). The van der Waals surface area contributed by atoms with E-state index < -0.39 is 0 Å². The van der Waals surface area contributed by atoms with Gasteiger partial charge in [-0.15, -0.1) is 17.8 Å². The van der Waals surface area contributed by atoms with Crippen LogP contribution in [0.4, 0.5) is 0 Å². The van der Waals surface area contributed by atoms with E-state index in [0.29, 0.717) is 0 Å². The van der Waals surface area contributed by atoms with Crippen LogP contribution in [0, 0.1) is 6.20 Å². The van der Waals surface area contributed by atoms with Crippen molar-refractivity contribution in [2.45, 2.75) is 0 Å². The number of aromatic amines is 1. The fourth-order valence-corrected chi connectivity index (χ4v) is 1.20. The van der Waals surface area contributed by atoms with E-state index in [0.717, 1.165) is 11.1 Å². The van der Waals surface area contributed by atoms with E-state index in [9.17, 15) is 4.79 Å². The standard InChI is InChI=1S/C11H8NO.Y/c13-11-8-10(6-7-12-11)9-4-2-1-3-5-9;/h1-6,8H,(H,12,13);/q-1;. The number of H-pyrrole nitrogens is 1. The van der Waals surface area contributed by atoms with Crippen LogP contribution in [0.5, 0.6) is 0 Å². The smallest absolute Gasteiger partial charge is 0.134 e. The van der Waals surface area contributed by atoms with Crippen LogP contribution in [-0.4, -0.2) is 4.98 Å². The van der Waals surface area contributed by atoms with E-state index in [4.69, 9.17) is 0 Å². The van der Waals surface area contributed by atoms with Gasteiger partial charge in [0.05, 0.1) is 0 Å². The molecule has 0 spiro atoms. The third kappa shape index (κ3) is 2.63. The van der Waals surface area contributed by atoms with Gasteiger partial charge in [0.2, 0.25) is 0 Å². The Bertz CT molecular complexity index is 450. The Morgan fingerprint density at radius 1 is 1.07 bits per heavy atom. The summed E-state index contributed by atoms with van der Waals surface area (Å²) >= 11 is 0. The van der Waals surface area contributed by atoms with Crippen LogP contribution in [0.25, 0.3) is 11.1 Å². The first kappa shape index (κ1) is 11.3. The number of rotatable bonds is 1. The molecule has 3 heteroatoms. The van der Waals surface area contributed by atoms with Gasteiger partial charge in [0.25, 0.3) is 0 Å². The van der Waals surface area contributed by atoms with Crippen LogP contribution >= 0.6 is 0 Å². The molecule has 1 aromatic carbocycles. The molecule has 2 aromatic rings. The van der Waals surface area contributed by atoms with Gasteiger partial charge in [-0.3, -0.25) is 0 Å². The third-order valence-corrected chi connectivity index (χ3v) is 1.82. The number of benzene rings is 1. The van der Waals surface area contributed by atoms with Crippen LogP contribution in [0.3, 0.4) is 0 Å². The summed E-state index contributed by atoms with van der Waals surface area (Å²) in [7, 11) is 0. The minimum atomic E-state index is -0.124. The molecule has 1 radical (unpaired) electrons. The molecule has 67 valence electrons. The maximum atomic E-state index is 11.0. The van der Waals surface area contributed by atoms with Crippen molar-refractivity contribution >= 4 is 0 Å². The molecule has 0 aliphatic rings. The second-order valence-electron chi connectivity index (χ2n) is 2.74. The van der Waals surface area contributed by atoms with Gasteiger partial charge in [0.1, 0.15) is 5.56 Å². The zero-order chi connectivity index (χ0) is 9.10. The Morgan fingerprint density at radius 3 is 2.43 bits per heavy atom. The van der Waals surface area contributed by atoms with Crippen LogP contribution < -0.4 is 5.56 Å². The molecule has 0 amide bonds. The van der Waals surface area contributed by atoms with Crippen molar-refractivity contribution in [1.82, 2.24) is 4.98 Å². The molecule has 0 saturated carbocycles. The molecule has 0 aliphatic carbocycles. The second-order valence-corrected chi connectivity index (χ2v) is 2.74. The number of hydrogen-bond donors (Lipinski definition) is 1. The van der Waals surface area contributed by atoms with Crippen molar-refractivity contribution in [3.05, 3.63) is 59.0 Å². The minimum Gasteiger partial charge on any atom is -0.437 e. The number of hydrogen-bond acceptors (Lipinski definition) is 1. The zero-order valence-electron chi connectivity index (χ0n) is 7.53. The van der Waals surface area contributed by atoms with Crippen LogP contribution in [0.15, 0.2) is 47.3 Å². The number of pyridine rings is 1. The average molecular weight is 259 g/mol. The molecule has 0 unspecified atom stereocenters. The van der Waals surface area contributed by atoms with E-state index in [1.165, 1.54) is 0 Å². The molecule has 0 aliphatic heterocycles. The van der Waals surface area contributed by atoms with E-state index >= 15 is 0 Å². The molecular formula is C11H8NOY-. The van der Waals surface area contributed by atoms with Gasteiger partial charge in [-0.25, -0.2) is 0 Å². The molecule has 1 heterocycles. The fourth-order valence-electron chi connectivity index (χ4n) is 1.20. The summed E-state index contributed by atoms with van der Waals surface area (Å²) in [6.07, 6.45) is 2.69. The molecule has 0 atom stereocenters. The van der Waals surface area contributed by atoms with Gasteiger partial charge < -0.3 is 9.78 Å². The third-order valence-electron chi connectivity index (χ3n) is 1.82. The van der Waals surface area contributed by atoms with E-state index in [2.05, 4.69) is 11.2 Å². The summed E-state index contributed by atoms with van der Waals surface area (Å²) in [5.74, 6) is 0. The average Bonchev–Trinajstić information content (AvgIpc) is 2.19. The number of nitrogens with one attached hydrogen (secondary N) is 1. The van der Waals surface area contributed by atoms with Crippen molar-refractivity contribution in [2.75, 3.05) is 0 Å². The number of aromatic nitrogens is 1. The predicted octanol–water partition coefficient (Wildman–Crippen LogP) is 1.84. The summed E-state index contributed by atoms with van der Waals surface area (Å²) in [6, 6.07) is 13.1. The monoisotopic (exact) mass is 259 g/mol. The van der Waals surface area contributed by atoms with E-state index in [-0.39, 0.29) is 38.3 Å². The Kier molecular flexibility index (Phi) is 4.24. The second kappa shape index (κ2) is 5.23. The quantitative estimate of drug-likeness (QED) is 0.779. The first-order valence-corrected chi connectivity index (χ1v) is 4.02. The molecule has 0 saturated heterocycles. The van der Waals surface area contributed by atoms with E-state index in [1.807, 2.05) is 30.3 Å². The normalized spacial score (nSPS) is 9.14. The van der Waals surface area contributed by atoms with Gasteiger partial charge in [-0.2, -0.15) is 6.07 Å². The summed E-state index contributed by atoms with van der Waals surface area (Å²) in [5.41, 5.74) is 1.80. The summed E-state index contributed by atoms with van der Waals surface area (Å²) in [4.78, 5) is 13.4. The molecule has 2 nitrogen and oxygen atoms in total. The van der Waals surface area contributed by atoms with Gasteiger partial charge >= 0.3 is 0 Å². The molecule has 0 bridgehead atoms. The SMILES string of the molecule is O=c1cc(-c2ccccc2)c[c-][nH]1.[Y]. The van der Waals surface area contributed by atoms with Crippen LogP contribution in [-0.2, 0) is 32.7 Å². The largest absolute Gasteiger partial charge is 0.437 e. The Hall–Kier alpha value is -0.726. The van der Waals surface area contributed by atoms with Crippen molar-refractivity contribution in [3.63, 3.8) is 0 Å². The fraction of sp³-hybridized carbons (Fsp3) is 0. The van der Waals surface area contributed by atoms with E-state index in [1.54, 1.807) is 12.1 Å². The first-order valence-electron chi connectivity index (χ1n) is 4.02. The van der Waals surface area contributed by atoms with Crippen molar-refractivity contribution in [2.24, 2.45) is 0 Å². The summed E-state index contributed by atoms with van der Waals surface area (Å²) < 4.78 is 0. The van der Waals surface area contributed by atoms with Crippen molar-refractivity contribution < 1.29 is 32.7 Å². The van der Waals surface area contributed by atoms with Crippen LogP contribution in [0.1, 0.15) is 0 Å². The van der Waals surface area contributed by atoms with Crippen LogP contribution in [0.2, 0.25) is 0 Å². The molecular weight excluding hydrogens is 251 g/mol. The van der Waals surface area contributed by atoms with Gasteiger partial charge in [-0.05, 0) is 0 Å². The maximum Gasteiger partial charge on any atom is 0.134 e. The van der Waals surface area contributed by atoms with Gasteiger partial charge in [0.15, 0.2) is 0 Å². The molecule has 1 N–H and O–H groups in total. The molecule has 1 aromatic heterocycles.